The minimum Gasteiger partial charge on any atom is -0.379 e. The van der Waals surface area contributed by atoms with E-state index in [1.165, 1.54) is 13.0 Å². The Labute approximate surface area is 86.6 Å². The summed E-state index contributed by atoms with van der Waals surface area (Å²) in [5.74, 6) is 0.741. The van der Waals surface area contributed by atoms with E-state index in [2.05, 4.69) is 18.7 Å². The molecule has 0 amide bonds. The van der Waals surface area contributed by atoms with Crippen LogP contribution in [0.2, 0.25) is 0 Å². The van der Waals surface area contributed by atoms with E-state index in [1.54, 1.807) is 0 Å². The first-order chi connectivity index (χ1) is 6.62. The summed E-state index contributed by atoms with van der Waals surface area (Å²) in [6, 6.07) is 0.434. The topological polar surface area (TPSA) is 38.5 Å². The van der Waals surface area contributed by atoms with Gasteiger partial charge in [-0.2, -0.15) is 0 Å². The predicted molar refractivity (Wildman–Crippen MR) is 57.1 cm³/mol. The summed E-state index contributed by atoms with van der Waals surface area (Å²) in [7, 11) is 0. The second-order valence-electron chi connectivity index (χ2n) is 5.20. The maximum absolute atomic E-state index is 6.02. The summed E-state index contributed by atoms with van der Waals surface area (Å²) >= 11 is 0. The SMILES string of the molecule is CC1(C)[C@H](N)[C@H]1CCN1CCOCC1. The van der Waals surface area contributed by atoms with Crippen LogP contribution in [0.15, 0.2) is 0 Å². The van der Waals surface area contributed by atoms with E-state index >= 15 is 0 Å². The number of morpholine rings is 1. The Balaban J connectivity index is 1.68. The molecule has 0 aromatic carbocycles. The lowest BCUT2D eigenvalue weighted by Crippen LogP contribution is -2.37. The molecular formula is C11H22N2O. The lowest BCUT2D eigenvalue weighted by atomic mass is 10.1. The maximum atomic E-state index is 6.02. The lowest BCUT2D eigenvalue weighted by molar-refractivity contribution is 0.0363. The van der Waals surface area contributed by atoms with E-state index in [4.69, 9.17) is 10.5 Å². The number of ether oxygens (including phenoxy) is 1. The van der Waals surface area contributed by atoms with Crippen LogP contribution in [0.3, 0.4) is 0 Å². The second kappa shape index (κ2) is 3.80. The monoisotopic (exact) mass is 198 g/mol. The first-order valence-electron chi connectivity index (χ1n) is 5.68. The van der Waals surface area contributed by atoms with Gasteiger partial charge in [-0.3, -0.25) is 4.90 Å². The van der Waals surface area contributed by atoms with E-state index in [9.17, 15) is 0 Å². The third-order valence-corrected chi connectivity index (χ3v) is 4.00. The first kappa shape index (κ1) is 10.4. The van der Waals surface area contributed by atoms with Crippen molar-refractivity contribution in [2.24, 2.45) is 17.1 Å². The van der Waals surface area contributed by atoms with Crippen LogP contribution in [0.4, 0.5) is 0 Å². The van der Waals surface area contributed by atoms with Gasteiger partial charge in [-0.05, 0) is 24.3 Å². The van der Waals surface area contributed by atoms with Crippen molar-refractivity contribution in [1.82, 2.24) is 4.90 Å². The molecule has 1 saturated carbocycles. The Morgan fingerprint density at radius 3 is 2.43 bits per heavy atom. The molecule has 0 bridgehead atoms. The fraction of sp³-hybridized carbons (Fsp3) is 1.00. The molecule has 3 heteroatoms. The third kappa shape index (κ3) is 1.95. The number of hydrogen-bond acceptors (Lipinski definition) is 3. The molecule has 0 aromatic heterocycles. The Hall–Kier alpha value is -0.120. The van der Waals surface area contributed by atoms with Crippen LogP contribution >= 0.6 is 0 Å². The van der Waals surface area contributed by atoms with Gasteiger partial charge in [0.2, 0.25) is 0 Å². The molecule has 1 aliphatic heterocycles. The molecule has 1 heterocycles. The van der Waals surface area contributed by atoms with Crippen LogP contribution in [-0.2, 0) is 4.74 Å². The fourth-order valence-electron chi connectivity index (χ4n) is 2.48. The molecular weight excluding hydrogens is 176 g/mol. The molecule has 2 aliphatic rings. The average molecular weight is 198 g/mol. The zero-order valence-electron chi connectivity index (χ0n) is 9.33. The Kier molecular flexibility index (Phi) is 2.82. The van der Waals surface area contributed by atoms with Crippen molar-refractivity contribution in [2.75, 3.05) is 32.8 Å². The van der Waals surface area contributed by atoms with E-state index in [-0.39, 0.29) is 0 Å². The van der Waals surface area contributed by atoms with Gasteiger partial charge in [0.1, 0.15) is 0 Å². The zero-order chi connectivity index (χ0) is 10.2. The highest BCUT2D eigenvalue weighted by Crippen LogP contribution is 2.52. The summed E-state index contributed by atoms with van der Waals surface area (Å²) < 4.78 is 5.32. The second-order valence-corrected chi connectivity index (χ2v) is 5.20. The van der Waals surface area contributed by atoms with Gasteiger partial charge in [0.15, 0.2) is 0 Å². The normalized spacial score (nSPS) is 37.1. The van der Waals surface area contributed by atoms with Gasteiger partial charge >= 0.3 is 0 Å². The van der Waals surface area contributed by atoms with E-state index in [0.717, 1.165) is 32.2 Å². The van der Waals surface area contributed by atoms with Crippen molar-refractivity contribution < 1.29 is 4.74 Å². The van der Waals surface area contributed by atoms with Crippen LogP contribution in [0.1, 0.15) is 20.3 Å². The highest BCUT2D eigenvalue weighted by Gasteiger charge is 2.54. The van der Waals surface area contributed by atoms with Gasteiger partial charge in [0.05, 0.1) is 13.2 Å². The van der Waals surface area contributed by atoms with E-state index in [0.29, 0.717) is 11.5 Å². The number of rotatable bonds is 3. The van der Waals surface area contributed by atoms with Crippen molar-refractivity contribution in [1.29, 1.82) is 0 Å². The van der Waals surface area contributed by atoms with E-state index < -0.39 is 0 Å². The molecule has 1 aliphatic carbocycles. The average Bonchev–Trinajstić information content (AvgIpc) is 2.65. The van der Waals surface area contributed by atoms with Gasteiger partial charge in [0, 0.05) is 19.1 Å². The standard InChI is InChI=1S/C11H22N2O/c1-11(2)9(10(11)12)3-4-13-5-7-14-8-6-13/h9-10H,3-8,12H2,1-2H3/t9-,10-/m1/s1. The summed E-state index contributed by atoms with van der Waals surface area (Å²) in [5, 5.41) is 0. The Morgan fingerprint density at radius 1 is 1.36 bits per heavy atom. The van der Waals surface area contributed by atoms with Crippen molar-refractivity contribution >= 4 is 0 Å². The molecule has 2 fully saturated rings. The molecule has 2 N–H and O–H groups in total. The summed E-state index contributed by atoms with van der Waals surface area (Å²) in [6.45, 7) is 9.76. The zero-order valence-corrected chi connectivity index (χ0v) is 9.33. The molecule has 0 unspecified atom stereocenters. The molecule has 0 aromatic rings. The number of nitrogens with two attached hydrogens (primary N) is 1. The lowest BCUT2D eigenvalue weighted by Gasteiger charge is -2.26. The first-order valence-corrected chi connectivity index (χ1v) is 5.68. The number of nitrogens with zero attached hydrogens (tertiary/aromatic N) is 1. The van der Waals surface area contributed by atoms with Gasteiger partial charge in [0.25, 0.3) is 0 Å². The number of hydrogen-bond donors (Lipinski definition) is 1. The molecule has 14 heavy (non-hydrogen) atoms. The molecule has 2 atom stereocenters. The van der Waals surface area contributed by atoms with Crippen molar-refractivity contribution in [2.45, 2.75) is 26.3 Å². The van der Waals surface area contributed by atoms with Gasteiger partial charge < -0.3 is 10.5 Å². The highest BCUT2D eigenvalue weighted by atomic mass is 16.5. The van der Waals surface area contributed by atoms with Crippen LogP contribution in [0, 0.1) is 11.3 Å². The Morgan fingerprint density at radius 2 is 1.93 bits per heavy atom. The molecule has 0 spiro atoms. The van der Waals surface area contributed by atoms with Crippen LogP contribution < -0.4 is 5.73 Å². The minimum atomic E-state index is 0.395. The maximum Gasteiger partial charge on any atom is 0.0594 e. The van der Waals surface area contributed by atoms with Crippen LogP contribution in [0.25, 0.3) is 0 Å². The highest BCUT2D eigenvalue weighted by molar-refractivity contribution is 5.08. The summed E-state index contributed by atoms with van der Waals surface area (Å²) in [5.41, 5.74) is 6.41. The van der Waals surface area contributed by atoms with Gasteiger partial charge in [-0.15, -0.1) is 0 Å². The third-order valence-electron chi connectivity index (χ3n) is 4.00. The molecule has 2 rings (SSSR count). The molecule has 82 valence electrons. The smallest absolute Gasteiger partial charge is 0.0594 e. The summed E-state index contributed by atoms with van der Waals surface area (Å²) in [6.07, 6.45) is 1.26. The van der Waals surface area contributed by atoms with Crippen molar-refractivity contribution in [3.63, 3.8) is 0 Å². The minimum absolute atomic E-state index is 0.395. The summed E-state index contributed by atoms with van der Waals surface area (Å²) in [4.78, 5) is 2.49. The van der Waals surface area contributed by atoms with Gasteiger partial charge in [-0.1, -0.05) is 13.8 Å². The van der Waals surface area contributed by atoms with Crippen LogP contribution in [0.5, 0.6) is 0 Å². The molecule has 0 radical (unpaired) electrons. The molecule has 3 nitrogen and oxygen atoms in total. The largest absolute Gasteiger partial charge is 0.379 e. The fourth-order valence-corrected chi connectivity index (χ4v) is 2.48. The Bertz CT molecular complexity index is 199. The quantitative estimate of drug-likeness (QED) is 0.725. The molecule has 1 saturated heterocycles. The van der Waals surface area contributed by atoms with E-state index in [1.807, 2.05) is 0 Å². The van der Waals surface area contributed by atoms with Crippen molar-refractivity contribution in [3.8, 4) is 0 Å². The van der Waals surface area contributed by atoms with Crippen molar-refractivity contribution in [3.05, 3.63) is 0 Å². The van der Waals surface area contributed by atoms with Crippen LogP contribution in [-0.4, -0.2) is 43.8 Å². The predicted octanol–water partition coefficient (Wildman–Crippen LogP) is 0.692. The van der Waals surface area contributed by atoms with Gasteiger partial charge in [-0.25, -0.2) is 0 Å².